The quantitative estimate of drug-likeness (QED) is 0.600. The normalized spacial score (nSPS) is 28.8. The first-order valence-corrected chi connectivity index (χ1v) is 3.94. The van der Waals surface area contributed by atoms with Crippen molar-refractivity contribution >= 4 is 0 Å². The van der Waals surface area contributed by atoms with Gasteiger partial charge in [-0.25, -0.2) is 0 Å². The Morgan fingerprint density at radius 1 is 1.70 bits per heavy atom. The van der Waals surface area contributed by atoms with Gasteiger partial charge in [0.1, 0.15) is 0 Å². The first-order chi connectivity index (χ1) is 4.83. The Morgan fingerprint density at radius 3 is 3.10 bits per heavy atom. The Hall–Kier alpha value is -0.120. The maximum absolute atomic E-state index is 5.35. The molecular weight excluding hydrogens is 128 g/mol. The predicted octanol–water partition coefficient (Wildman–Crippen LogP) is 0.232. The fourth-order valence-electron chi connectivity index (χ4n) is 1.20. The Balaban J connectivity index is 2.18. The lowest BCUT2D eigenvalue weighted by Crippen LogP contribution is -2.48. The Kier molecular flexibility index (Phi) is 3.12. The molecule has 1 aliphatic rings. The van der Waals surface area contributed by atoms with Crippen LogP contribution in [0.3, 0.4) is 0 Å². The largest absolute Gasteiger partial charge is 0.312 e. The molecule has 1 fully saturated rings. The van der Waals surface area contributed by atoms with Crippen molar-refractivity contribution in [2.75, 3.05) is 26.2 Å². The number of rotatable bonds is 2. The van der Waals surface area contributed by atoms with Crippen molar-refractivity contribution < 1.29 is 4.84 Å². The molecule has 1 atom stereocenters. The Labute approximate surface area is 62.3 Å². The van der Waals surface area contributed by atoms with Crippen LogP contribution in [0.4, 0.5) is 0 Å². The van der Waals surface area contributed by atoms with Crippen LogP contribution in [-0.4, -0.2) is 37.3 Å². The first-order valence-electron chi connectivity index (χ1n) is 3.94. The van der Waals surface area contributed by atoms with Crippen LogP contribution in [-0.2, 0) is 4.84 Å². The highest BCUT2D eigenvalue weighted by Crippen LogP contribution is 1.97. The topological polar surface area (TPSA) is 24.5 Å². The second-order valence-electron chi connectivity index (χ2n) is 2.66. The van der Waals surface area contributed by atoms with Gasteiger partial charge in [0.05, 0.1) is 6.61 Å². The summed E-state index contributed by atoms with van der Waals surface area (Å²) in [5.41, 5.74) is 0. The molecule has 0 aromatic heterocycles. The average molecular weight is 144 g/mol. The summed E-state index contributed by atoms with van der Waals surface area (Å²) in [4.78, 5) is 5.35. The van der Waals surface area contributed by atoms with Crippen LogP contribution in [0, 0.1) is 0 Å². The highest BCUT2D eigenvalue weighted by atomic mass is 16.7. The smallest absolute Gasteiger partial charge is 0.0656 e. The number of nitrogens with one attached hydrogen (secondary N) is 1. The van der Waals surface area contributed by atoms with E-state index in [9.17, 15) is 0 Å². The van der Waals surface area contributed by atoms with E-state index in [0.29, 0.717) is 6.04 Å². The maximum Gasteiger partial charge on any atom is 0.0656 e. The van der Waals surface area contributed by atoms with Crippen LogP contribution >= 0.6 is 0 Å². The zero-order valence-electron chi connectivity index (χ0n) is 6.76. The van der Waals surface area contributed by atoms with Gasteiger partial charge in [-0.1, -0.05) is 0 Å². The molecule has 0 aromatic carbocycles. The molecule has 3 nitrogen and oxygen atoms in total. The lowest BCUT2D eigenvalue weighted by Gasteiger charge is -2.30. The minimum atomic E-state index is 0.570. The zero-order valence-corrected chi connectivity index (χ0v) is 6.76. The van der Waals surface area contributed by atoms with Gasteiger partial charge in [-0.05, 0) is 13.8 Å². The zero-order chi connectivity index (χ0) is 7.40. The monoisotopic (exact) mass is 144 g/mol. The number of nitrogens with zero attached hydrogens (tertiary/aromatic N) is 1. The molecule has 60 valence electrons. The minimum Gasteiger partial charge on any atom is -0.312 e. The molecule has 1 saturated heterocycles. The van der Waals surface area contributed by atoms with Gasteiger partial charge >= 0.3 is 0 Å². The maximum atomic E-state index is 5.35. The molecule has 0 aliphatic carbocycles. The first kappa shape index (κ1) is 7.98. The third kappa shape index (κ3) is 2.25. The Morgan fingerprint density at radius 2 is 2.50 bits per heavy atom. The molecule has 0 bridgehead atoms. The second kappa shape index (κ2) is 3.91. The highest BCUT2D eigenvalue weighted by Gasteiger charge is 2.14. The van der Waals surface area contributed by atoms with Crippen LogP contribution in [0.2, 0.25) is 0 Å². The van der Waals surface area contributed by atoms with Crippen molar-refractivity contribution in [3.05, 3.63) is 0 Å². The molecule has 0 saturated carbocycles. The molecular formula is C7H16N2O. The molecule has 1 aliphatic heterocycles. The van der Waals surface area contributed by atoms with Gasteiger partial charge in [0, 0.05) is 25.7 Å². The summed E-state index contributed by atoms with van der Waals surface area (Å²) in [7, 11) is 0. The van der Waals surface area contributed by atoms with Gasteiger partial charge < -0.3 is 5.32 Å². The van der Waals surface area contributed by atoms with Crippen LogP contribution < -0.4 is 5.32 Å². The van der Waals surface area contributed by atoms with E-state index >= 15 is 0 Å². The third-order valence-corrected chi connectivity index (χ3v) is 1.64. The van der Waals surface area contributed by atoms with E-state index in [0.717, 1.165) is 26.2 Å². The van der Waals surface area contributed by atoms with Crippen molar-refractivity contribution in [1.82, 2.24) is 10.4 Å². The highest BCUT2D eigenvalue weighted by molar-refractivity contribution is 4.69. The van der Waals surface area contributed by atoms with Gasteiger partial charge in [-0.2, -0.15) is 5.06 Å². The summed E-state index contributed by atoms with van der Waals surface area (Å²) < 4.78 is 0. The van der Waals surface area contributed by atoms with Crippen molar-refractivity contribution in [2.45, 2.75) is 19.9 Å². The molecule has 1 heterocycles. The molecule has 3 heteroatoms. The van der Waals surface area contributed by atoms with Crippen LogP contribution in [0.1, 0.15) is 13.8 Å². The summed E-state index contributed by atoms with van der Waals surface area (Å²) in [6, 6.07) is 0.570. The van der Waals surface area contributed by atoms with E-state index < -0.39 is 0 Å². The van der Waals surface area contributed by atoms with Crippen molar-refractivity contribution in [3.8, 4) is 0 Å². The van der Waals surface area contributed by atoms with E-state index in [-0.39, 0.29) is 0 Å². The molecule has 1 unspecified atom stereocenters. The lowest BCUT2D eigenvalue weighted by molar-refractivity contribution is -0.166. The molecule has 1 N–H and O–H groups in total. The average Bonchev–Trinajstić information content (AvgIpc) is 1.88. The van der Waals surface area contributed by atoms with Crippen LogP contribution in [0.15, 0.2) is 0 Å². The van der Waals surface area contributed by atoms with Crippen molar-refractivity contribution in [2.24, 2.45) is 0 Å². The van der Waals surface area contributed by atoms with Crippen LogP contribution in [0.25, 0.3) is 0 Å². The van der Waals surface area contributed by atoms with E-state index in [4.69, 9.17) is 4.84 Å². The lowest BCUT2D eigenvalue weighted by atomic mass is 10.3. The van der Waals surface area contributed by atoms with E-state index in [1.165, 1.54) is 0 Å². The SMILES string of the molecule is CCON1CCNC(C)C1. The predicted molar refractivity (Wildman–Crippen MR) is 40.7 cm³/mol. The number of hydrogen-bond acceptors (Lipinski definition) is 3. The third-order valence-electron chi connectivity index (χ3n) is 1.64. The number of hydroxylamine groups is 2. The summed E-state index contributed by atoms with van der Waals surface area (Å²) >= 11 is 0. The summed E-state index contributed by atoms with van der Waals surface area (Å²) in [5, 5.41) is 5.38. The summed E-state index contributed by atoms with van der Waals surface area (Å²) in [5.74, 6) is 0. The summed E-state index contributed by atoms with van der Waals surface area (Å²) in [6.07, 6.45) is 0. The number of piperazine rings is 1. The summed E-state index contributed by atoms with van der Waals surface area (Å²) in [6.45, 7) is 8.04. The van der Waals surface area contributed by atoms with Gasteiger partial charge in [0.25, 0.3) is 0 Å². The van der Waals surface area contributed by atoms with Gasteiger partial charge in [-0.15, -0.1) is 0 Å². The van der Waals surface area contributed by atoms with E-state index in [1.54, 1.807) is 0 Å². The molecule has 0 spiro atoms. The van der Waals surface area contributed by atoms with Gasteiger partial charge in [0.2, 0.25) is 0 Å². The van der Waals surface area contributed by atoms with E-state index in [1.807, 2.05) is 12.0 Å². The standard InChI is InChI=1S/C7H16N2O/c1-3-10-9-5-4-8-7(2)6-9/h7-8H,3-6H2,1-2H3. The van der Waals surface area contributed by atoms with Gasteiger partial charge in [-0.3, -0.25) is 4.84 Å². The fourth-order valence-corrected chi connectivity index (χ4v) is 1.20. The van der Waals surface area contributed by atoms with Gasteiger partial charge in [0.15, 0.2) is 0 Å². The van der Waals surface area contributed by atoms with E-state index in [2.05, 4.69) is 12.2 Å². The van der Waals surface area contributed by atoms with Crippen molar-refractivity contribution in [3.63, 3.8) is 0 Å². The molecule has 0 radical (unpaired) electrons. The van der Waals surface area contributed by atoms with Crippen LogP contribution in [0.5, 0.6) is 0 Å². The molecule has 1 rings (SSSR count). The molecule has 0 amide bonds. The number of hydrogen-bond donors (Lipinski definition) is 1. The fraction of sp³-hybridized carbons (Fsp3) is 1.00. The molecule has 10 heavy (non-hydrogen) atoms. The minimum absolute atomic E-state index is 0.570. The Bertz CT molecular complexity index is 95.6. The molecule has 0 aromatic rings. The van der Waals surface area contributed by atoms with Crippen molar-refractivity contribution in [1.29, 1.82) is 0 Å². The second-order valence-corrected chi connectivity index (χ2v) is 2.66.